The molecule has 0 saturated carbocycles. The number of tetrazole rings is 1. The van der Waals surface area contributed by atoms with Crippen molar-refractivity contribution in [3.8, 4) is 5.75 Å². The second kappa shape index (κ2) is 14.6. The van der Waals surface area contributed by atoms with E-state index in [1.165, 1.54) is 22.9 Å². The summed E-state index contributed by atoms with van der Waals surface area (Å²) in [6.07, 6.45) is -10.4. The van der Waals surface area contributed by atoms with Gasteiger partial charge in [0.25, 0.3) is 5.95 Å². The van der Waals surface area contributed by atoms with Gasteiger partial charge in [-0.05, 0) is 66.4 Å². The monoisotopic (exact) mass is 694 g/mol. The van der Waals surface area contributed by atoms with Crippen LogP contribution in [0.5, 0.6) is 5.75 Å². The number of halogens is 9. The molecule has 1 aliphatic heterocycles. The Morgan fingerprint density at radius 3 is 2.10 bits per heavy atom. The van der Waals surface area contributed by atoms with Gasteiger partial charge in [-0.25, -0.2) is 0 Å². The summed E-state index contributed by atoms with van der Waals surface area (Å²) in [5.41, 5.74) is -3.12. The highest BCUT2D eigenvalue weighted by molar-refractivity contribution is 5.95. The Labute approximate surface area is 270 Å². The van der Waals surface area contributed by atoms with Crippen LogP contribution in [0.3, 0.4) is 0 Å². The molecule has 2 atom stereocenters. The molecule has 17 heteroatoms. The van der Waals surface area contributed by atoms with Gasteiger partial charge in [-0.1, -0.05) is 44.6 Å². The summed E-state index contributed by atoms with van der Waals surface area (Å²) in [5.74, 6) is -1.09. The lowest BCUT2D eigenvalue weighted by molar-refractivity contribution is -0.274. The molecular formula is C31H35F9N6O2. The predicted octanol–water partition coefficient (Wildman–Crippen LogP) is 8.77. The van der Waals surface area contributed by atoms with Crippen LogP contribution >= 0.6 is 0 Å². The number of fused-ring (bicyclic) bond motifs is 1. The molecule has 2 aromatic carbocycles. The fourth-order valence-electron chi connectivity index (χ4n) is 5.90. The standard InChI is InChI=1S/C31H35F9N6O2/c1-4-6-7-8-9-10-27(47)46-22(5-2)16-26(24-17-23(11-12-25(24)46)48-31(38,39)40)45(28-41-43-44(3)42-28)18-19-13-20(29(32,33)34)15-21(14-19)30(35,36)37/h11-15,17,22,26H,4-10,16,18H2,1-3H3/t22-,26+/m1/s1. The lowest BCUT2D eigenvalue weighted by Gasteiger charge is -2.44. The molecule has 2 heterocycles. The van der Waals surface area contributed by atoms with E-state index in [4.69, 9.17) is 0 Å². The second-order valence-corrected chi connectivity index (χ2v) is 11.6. The predicted molar refractivity (Wildman–Crippen MR) is 157 cm³/mol. The zero-order valence-corrected chi connectivity index (χ0v) is 26.4. The number of carbonyl (C=O) groups is 1. The molecule has 48 heavy (non-hydrogen) atoms. The van der Waals surface area contributed by atoms with Gasteiger partial charge in [-0.2, -0.15) is 31.1 Å². The average molecular weight is 695 g/mol. The maximum atomic E-state index is 13.7. The maximum absolute atomic E-state index is 13.7. The highest BCUT2D eigenvalue weighted by atomic mass is 19.4. The van der Waals surface area contributed by atoms with Gasteiger partial charge < -0.3 is 14.5 Å². The summed E-state index contributed by atoms with van der Waals surface area (Å²) in [4.78, 5) is 17.4. The van der Waals surface area contributed by atoms with Crippen molar-refractivity contribution in [2.75, 3.05) is 9.80 Å². The first-order valence-electron chi connectivity index (χ1n) is 15.4. The number of aryl methyl sites for hydroxylation is 1. The van der Waals surface area contributed by atoms with Crippen molar-refractivity contribution in [3.63, 3.8) is 0 Å². The van der Waals surface area contributed by atoms with E-state index in [0.717, 1.165) is 42.6 Å². The number of carbonyl (C=O) groups excluding carboxylic acids is 1. The molecule has 0 N–H and O–H groups in total. The van der Waals surface area contributed by atoms with Crippen molar-refractivity contribution < 1.29 is 49.0 Å². The minimum atomic E-state index is -5.11. The summed E-state index contributed by atoms with van der Waals surface area (Å²) in [6.45, 7) is 3.23. The Bertz CT molecular complexity index is 1520. The third-order valence-electron chi connectivity index (χ3n) is 8.08. The van der Waals surface area contributed by atoms with Gasteiger partial charge >= 0.3 is 18.7 Å². The van der Waals surface area contributed by atoms with Gasteiger partial charge in [-0.15, -0.1) is 18.3 Å². The van der Waals surface area contributed by atoms with Crippen LogP contribution in [0.2, 0.25) is 0 Å². The molecule has 0 saturated heterocycles. The molecule has 264 valence electrons. The summed E-state index contributed by atoms with van der Waals surface area (Å²) in [7, 11) is 1.39. The van der Waals surface area contributed by atoms with E-state index in [0.29, 0.717) is 25.0 Å². The van der Waals surface area contributed by atoms with E-state index in [-0.39, 0.29) is 42.0 Å². The second-order valence-electron chi connectivity index (χ2n) is 11.6. The third kappa shape index (κ3) is 9.09. The quantitative estimate of drug-likeness (QED) is 0.139. The van der Waals surface area contributed by atoms with E-state index in [1.54, 1.807) is 6.92 Å². The Hall–Kier alpha value is -4.05. The lowest BCUT2D eigenvalue weighted by Crippen LogP contribution is -2.47. The third-order valence-corrected chi connectivity index (χ3v) is 8.08. The molecule has 1 aromatic heterocycles. The number of aromatic nitrogens is 4. The molecule has 0 aliphatic carbocycles. The number of unbranched alkanes of at least 4 members (excludes halogenated alkanes) is 4. The Kier molecular flexibility index (Phi) is 11.2. The summed E-state index contributed by atoms with van der Waals surface area (Å²) >= 11 is 0. The topological polar surface area (TPSA) is 76.4 Å². The Morgan fingerprint density at radius 1 is 0.917 bits per heavy atom. The van der Waals surface area contributed by atoms with Crippen molar-refractivity contribution >= 4 is 17.5 Å². The van der Waals surface area contributed by atoms with Gasteiger partial charge in [0.1, 0.15) is 5.75 Å². The van der Waals surface area contributed by atoms with Crippen LogP contribution in [0.4, 0.5) is 51.1 Å². The lowest BCUT2D eigenvalue weighted by atomic mass is 9.87. The Balaban J connectivity index is 1.85. The first-order valence-corrected chi connectivity index (χ1v) is 15.4. The van der Waals surface area contributed by atoms with Gasteiger partial charge in [0.2, 0.25) is 5.91 Å². The van der Waals surface area contributed by atoms with Crippen LogP contribution in [0.1, 0.15) is 93.5 Å². The van der Waals surface area contributed by atoms with E-state index < -0.39 is 59.8 Å². The maximum Gasteiger partial charge on any atom is 0.573 e. The highest BCUT2D eigenvalue weighted by Crippen LogP contribution is 2.46. The largest absolute Gasteiger partial charge is 0.573 e. The summed E-state index contributed by atoms with van der Waals surface area (Å²) < 4.78 is 126. The number of rotatable bonds is 12. The molecule has 8 nitrogen and oxygen atoms in total. The SMILES string of the molecule is CCCCCCCC(=O)N1c2ccc(OC(F)(F)F)cc2[C@@H](N(Cc2cc(C(F)(F)F)cc(C(F)(F)F)c2)c2nnn(C)n2)C[C@H]1CC. The van der Waals surface area contributed by atoms with Crippen LogP contribution < -0.4 is 14.5 Å². The van der Waals surface area contributed by atoms with Crippen molar-refractivity contribution in [1.82, 2.24) is 20.2 Å². The van der Waals surface area contributed by atoms with Gasteiger partial charge in [0.05, 0.1) is 24.2 Å². The molecule has 0 radical (unpaired) electrons. The minimum absolute atomic E-state index is 0.00390. The number of ether oxygens (including phenoxy) is 1. The molecule has 0 fully saturated rings. The van der Waals surface area contributed by atoms with E-state index >= 15 is 0 Å². The van der Waals surface area contributed by atoms with Crippen molar-refractivity contribution in [3.05, 3.63) is 58.7 Å². The van der Waals surface area contributed by atoms with Crippen molar-refractivity contribution in [2.45, 2.75) is 103 Å². The molecule has 1 amide bonds. The molecule has 1 aliphatic rings. The van der Waals surface area contributed by atoms with Crippen LogP contribution in [-0.2, 0) is 30.7 Å². The van der Waals surface area contributed by atoms with Crippen LogP contribution in [0.15, 0.2) is 36.4 Å². The van der Waals surface area contributed by atoms with Gasteiger partial charge in [0.15, 0.2) is 0 Å². The number of amides is 1. The van der Waals surface area contributed by atoms with Crippen LogP contribution in [0, 0.1) is 0 Å². The Morgan fingerprint density at radius 2 is 1.56 bits per heavy atom. The number of hydrogen-bond acceptors (Lipinski definition) is 6. The molecule has 3 aromatic rings. The van der Waals surface area contributed by atoms with Gasteiger partial charge in [-0.3, -0.25) is 4.79 Å². The van der Waals surface area contributed by atoms with Crippen LogP contribution in [0.25, 0.3) is 0 Å². The molecular weight excluding hydrogens is 659 g/mol. The number of nitrogens with zero attached hydrogens (tertiary/aromatic N) is 6. The summed E-state index contributed by atoms with van der Waals surface area (Å²) in [5, 5.41) is 11.8. The molecule has 4 rings (SSSR count). The number of benzene rings is 2. The zero-order chi connectivity index (χ0) is 35.4. The summed E-state index contributed by atoms with van der Waals surface area (Å²) in [6, 6.07) is 3.00. The van der Waals surface area contributed by atoms with E-state index in [1.807, 2.05) is 0 Å². The first kappa shape index (κ1) is 36.8. The molecule has 0 unspecified atom stereocenters. The molecule has 0 bridgehead atoms. The minimum Gasteiger partial charge on any atom is -0.406 e. The van der Waals surface area contributed by atoms with E-state index in [9.17, 15) is 44.3 Å². The highest BCUT2D eigenvalue weighted by Gasteiger charge is 2.41. The zero-order valence-electron chi connectivity index (χ0n) is 26.4. The number of anilines is 2. The normalized spacial score (nSPS) is 17.0. The van der Waals surface area contributed by atoms with Crippen molar-refractivity contribution in [2.24, 2.45) is 7.05 Å². The average Bonchev–Trinajstić information content (AvgIpc) is 3.42. The van der Waals surface area contributed by atoms with Crippen LogP contribution in [-0.4, -0.2) is 38.5 Å². The number of hydrogen-bond donors (Lipinski definition) is 0. The van der Waals surface area contributed by atoms with E-state index in [2.05, 4.69) is 27.1 Å². The smallest absolute Gasteiger partial charge is 0.406 e. The fourth-order valence-corrected chi connectivity index (χ4v) is 5.90. The number of alkyl halides is 9. The molecule has 0 spiro atoms. The first-order chi connectivity index (χ1) is 22.4. The van der Waals surface area contributed by atoms with Gasteiger partial charge in [0, 0.05) is 30.3 Å². The fraction of sp³-hybridized carbons (Fsp3) is 0.548. The van der Waals surface area contributed by atoms with Crippen molar-refractivity contribution in [1.29, 1.82) is 0 Å².